The molecule has 4 nitrogen and oxygen atoms in total. The predicted molar refractivity (Wildman–Crippen MR) is 127 cm³/mol. The van der Waals surface area contributed by atoms with Gasteiger partial charge in [-0.2, -0.15) is 0 Å². The molecule has 1 heterocycles. The van der Waals surface area contributed by atoms with Crippen LogP contribution in [-0.4, -0.2) is 24.6 Å². The molecular formula is C27H42N2O2. The number of rotatable bonds is 5. The molecule has 1 aromatic rings. The Morgan fingerprint density at radius 3 is 2.65 bits per heavy atom. The fourth-order valence-corrected chi connectivity index (χ4v) is 7.32. The lowest BCUT2D eigenvalue weighted by atomic mass is 9.46. The van der Waals surface area contributed by atoms with Gasteiger partial charge < -0.3 is 10.5 Å². The topological polar surface area (TPSA) is 65.2 Å². The maximum absolute atomic E-state index is 11.9. The predicted octanol–water partition coefficient (Wildman–Crippen LogP) is 5.87. The van der Waals surface area contributed by atoms with Gasteiger partial charge in [0.1, 0.15) is 0 Å². The van der Waals surface area contributed by atoms with E-state index >= 15 is 0 Å². The third-order valence-corrected chi connectivity index (χ3v) is 9.00. The van der Waals surface area contributed by atoms with Crippen LogP contribution >= 0.6 is 0 Å². The molecule has 2 saturated carbocycles. The molecule has 6 unspecified atom stereocenters. The summed E-state index contributed by atoms with van der Waals surface area (Å²) in [6, 6.07) is 4.26. The van der Waals surface area contributed by atoms with Gasteiger partial charge in [0.25, 0.3) is 0 Å². The van der Waals surface area contributed by atoms with Gasteiger partial charge in [0.2, 0.25) is 0 Å². The molecule has 0 radical (unpaired) electrons. The van der Waals surface area contributed by atoms with Crippen molar-refractivity contribution < 1.29 is 9.53 Å². The van der Waals surface area contributed by atoms with E-state index in [1.54, 1.807) is 0 Å². The maximum atomic E-state index is 11.9. The van der Waals surface area contributed by atoms with Crippen molar-refractivity contribution in [1.82, 2.24) is 4.98 Å². The molecule has 0 bridgehead atoms. The summed E-state index contributed by atoms with van der Waals surface area (Å²) in [5.41, 5.74) is 9.40. The molecule has 0 saturated heterocycles. The number of aromatic nitrogens is 1. The summed E-state index contributed by atoms with van der Waals surface area (Å²) in [6.45, 7) is 9.62. The van der Waals surface area contributed by atoms with Crippen LogP contribution in [0.3, 0.4) is 0 Å². The third-order valence-electron chi connectivity index (χ3n) is 9.00. The minimum atomic E-state index is -0.0915. The number of hydrogen-bond donors (Lipinski definition) is 1. The van der Waals surface area contributed by atoms with Gasteiger partial charge in [-0.3, -0.25) is 9.78 Å². The van der Waals surface area contributed by atoms with Crippen molar-refractivity contribution in [3.63, 3.8) is 0 Å². The van der Waals surface area contributed by atoms with Crippen LogP contribution < -0.4 is 5.73 Å². The normalized spacial score (nSPS) is 36.4. The van der Waals surface area contributed by atoms with Crippen molar-refractivity contribution in [2.75, 3.05) is 13.7 Å². The van der Waals surface area contributed by atoms with E-state index in [4.69, 9.17) is 10.5 Å². The van der Waals surface area contributed by atoms with Crippen LogP contribution in [0, 0.1) is 34.5 Å². The first kappa shape index (κ1) is 24.0. The van der Waals surface area contributed by atoms with Crippen molar-refractivity contribution in [2.45, 2.75) is 72.6 Å². The summed E-state index contributed by atoms with van der Waals surface area (Å²) >= 11 is 0. The van der Waals surface area contributed by atoms with Crippen molar-refractivity contribution in [2.24, 2.45) is 40.2 Å². The van der Waals surface area contributed by atoms with E-state index in [1.807, 2.05) is 26.2 Å². The number of carbonyl (C=O) groups is 1. The van der Waals surface area contributed by atoms with Crippen LogP contribution in [0.15, 0.2) is 30.6 Å². The number of nitrogens with zero attached hydrogens (tertiary/aromatic N) is 1. The van der Waals surface area contributed by atoms with Crippen molar-refractivity contribution in [1.29, 1.82) is 0 Å². The van der Waals surface area contributed by atoms with Crippen LogP contribution in [0.1, 0.15) is 78.2 Å². The highest BCUT2D eigenvalue weighted by Gasteiger charge is 2.57. The molecule has 4 heteroatoms. The average Bonchev–Trinajstić information content (AvgIpc) is 3.17. The zero-order valence-electron chi connectivity index (χ0n) is 20.2. The van der Waals surface area contributed by atoms with Gasteiger partial charge in [-0.25, -0.2) is 0 Å². The molecule has 172 valence electrons. The van der Waals surface area contributed by atoms with Crippen LogP contribution in [0.4, 0.5) is 0 Å². The number of ether oxygens (including phenoxy) is 1. The molecule has 31 heavy (non-hydrogen) atoms. The first-order chi connectivity index (χ1) is 14.9. The lowest BCUT2D eigenvalue weighted by Gasteiger charge is -2.59. The Balaban J connectivity index is 0.00000132. The molecule has 4 rings (SSSR count). The molecule has 3 aliphatic rings. The Hall–Kier alpha value is -1.68. The number of methoxy groups -OCH3 is 1. The Morgan fingerprint density at radius 2 is 2.00 bits per heavy atom. The monoisotopic (exact) mass is 426 g/mol. The highest BCUT2D eigenvalue weighted by atomic mass is 16.5. The number of allylic oxidation sites excluding steroid dienone is 2. The minimum Gasteiger partial charge on any atom is -0.469 e. The van der Waals surface area contributed by atoms with Gasteiger partial charge in [0.15, 0.2) is 0 Å². The molecular weight excluding hydrogens is 384 g/mol. The van der Waals surface area contributed by atoms with E-state index in [2.05, 4.69) is 37.0 Å². The summed E-state index contributed by atoms with van der Waals surface area (Å²) in [5, 5.41) is 0. The van der Waals surface area contributed by atoms with E-state index < -0.39 is 0 Å². The average molecular weight is 427 g/mol. The SMILES string of the molecule is CC.COC(=O)CCC1(C)C(CN)CCC2C3CC=C(c4cccnc4)C3(C)CCC21. The van der Waals surface area contributed by atoms with Gasteiger partial charge >= 0.3 is 5.97 Å². The van der Waals surface area contributed by atoms with Crippen LogP contribution in [-0.2, 0) is 9.53 Å². The lowest BCUT2D eigenvalue weighted by Crippen LogP contribution is -2.53. The summed E-state index contributed by atoms with van der Waals surface area (Å²) in [6.07, 6.45) is 13.8. The number of carbonyl (C=O) groups excluding carboxylic acids is 1. The molecule has 6 atom stereocenters. The molecule has 0 spiro atoms. The first-order valence-electron chi connectivity index (χ1n) is 12.3. The number of esters is 1. The van der Waals surface area contributed by atoms with Gasteiger partial charge in [0, 0.05) is 18.8 Å². The van der Waals surface area contributed by atoms with Gasteiger partial charge in [-0.15, -0.1) is 0 Å². The maximum Gasteiger partial charge on any atom is 0.305 e. The lowest BCUT2D eigenvalue weighted by molar-refractivity contribution is -0.143. The fourth-order valence-electron chi connectivity index (χ4n) is 7.32. The molecule has 0 aromatic carbocycles. The standard InChI is InChI=1S/C25H36N2O2.C2H6/c1-24(13-11-23(28)29-3)18(15-26)6-7-19-21-9-8-20(17-5-4-14-27-16-17)25(21,2)12-10-22(19)24;1-2/h4-5,8,14,16,18-19,21-22H,6-7,9-13,15,26H2,1-3H3;1-2H3. The first-order valence-corrected chi connectivity index (χ1v) is 12.3. The number of hydrogen-bond acceptors (Lipinski definition) is 4. The van der Waals surface area contributed by atoms with Crippen molar-refractivity contribution in [3.05, 3.63) is 36.2 Å². The van der Waals surface area contributed by atoms with E-state index in [0.717, 1.165) is 13.0 Å². The minimum absolute atomic E-state index is 0.0915. The smallest absolute Gasteiger partial charge is 0.305 e. The molecule has 2 fully saturated rings. The summed E-state index contributed by atoms with van der Waals surface area (Å²) in [7, 11) is 1.49. The molecule has 2 N–H and O–H groups in total. The quantitative estimate of drug-likeness (QED) is 0.598. The van der Waals surface area contributed by atoms with Gasteiger partial charge in [0.05, 0.1) is 7.11 Å². The number of nitrogens with two attached hydrogens (primary N) is 1. The highest BCUT2D eigenvalue weighted by Crippen LogP contribution is 2.66. The van der Waals surface area contributed by atoms with E-state index in [1.165, 1.54) is 50.4 Å². The number of pyridine rings is 1. The van der Waals surface area contributed by atoms with E-state index in [-0.39, 0.29) is 16.8 Å². The Morgan fingerprint density at radius 1 is 1.23 bits per heavy atom. The van der Waals surface area contributed by atoms with Crippen LogP contribution in [0.2, 0.25) is 0 Å². The Kier molecular flexibility index (Phi) is 7.62. The molecule has 3 aliphatic carbocycles. The fraction of sp³-hybridized carbons (Fsp3) is 0.704. The highest BCUT2D eigenvalue weighted by molar-refractivity contribution is 5.72. The summed E-state index contributed by atoms with van der Waals surface area (Å²) in [5.74, 6) is 2.46. The Bertz CT molecular complexity index is 777. The zero-order chi connectivity index (χ0) is 22.6. The van der Waals surface area contributed by atoms with Crippen molar-refractivity contribution >= 4 is 11.5 Å². The largest absolute Gasteiger partial charge is 0.469 e. The van der Waals surface area contributed by atoms with Crippen molar-refractivity contribution in [3.8, 4) is 0 Å². The second-order valence-electron chi connectivity index (χ2n) is 10.0. The van der Waals surface area contributed by atoms with E-state index in [0.29, 0.717) is 30.1 Å². The van der Waals surface area contributed by atoms with E-state index in [9.17, 15) is 4.79 Å². The third kappa shape index (κ3) is 4.20. The zero-order valence-corrected chi connectivity index (χ0v) is 20.2. The summed E-state index contributed by atoms with van der Waals surface area (Å²) in [4.78, 5) is 16.3. The van der Waals surface area contributed by atoms with Gasteiger partial charge in [-0.1, -0.05) is 39.8 Å². The second-order valence-corrected chi connectivity index (χ2v) is 10.0. The summed E-state index contributed by atoms with van der Waals surface area (Å²) < 4.78 is 4.96. The molecule has 1 aromatic heterocycles. The Labute approximate surface area is 189 Å². The van der Waals surface area contributed by atoms with Gasteiger partial charge in [-0.05, 0) is 96.8 Å². The second kappa shape index (κ2) is 9.85. The molecule has 0 amide bonds. The number of fused-ring (bicyclic) bond motifs is 3. The van der Waals surface area contributed by atoms with Crippen LogP contribution in [0.5, 0.6) is 0 Å². The van der Waals surface area contributed by atoms with Crippen LogP contribution in [0.25, 0.3) is 5.57 Å². The molecule has 0 aliphatic heterocycles.